The van der Waals surface area contributed by atoms with E-state index in [0.29, 0.717) is 0 Å². The molecule has 2 N–H and O–H groups in total. The van der Waals surface area contributed by atoms with E-state index in [1.54, 1.807) is 13.8 Å². The molecule has 0 aliphatic carbocycles. The SMILES string of the molecule is Cc1cc(C)c([C@H](C)O)cc1[C@H](C)O. The molecule has 2 heteroatoms. The third kappa shape index (κ3) is 2.14. The highest BCUT2D eigenvalue weighted by molar-refractivity contribution is 5.39. The monoisotopic (exact) mass is 194 g/mol. The Labute approximate surface area is 85.2 Å². The number of hydrogen-bond donors (Lipinski definition) is 2. The van der Waals surface area contributed by atoms with E-state index in [2.05, 4.69) is 0 Å². The van der Waals surface area contributed by atoms with Gasteiger partial charge in [-0.3, -0.25) is 0 Å². The summed E-state index contributed by atoms with van der Waals surface area (Å²) in [4.78, 5) is 0. The van der Waals surface area contributed by atoms with Crippen LogP contribution in [0.25, 0.3) is 0 Å². The van der Waals surface area contributed by atoms with Crippen molar-refractivity contribution in [3.8, 4) is 0 Å². The topological polar surface area (TPSA) is 40.5 Å². The van der Waals surface area contributed by atoms with Gasteiger partial charge in [0, 0.05) is 0 Å². The second-order valence-electron chi connectivity index (χ2n) is 3.92. The lowest BCUT2D eigenvalue weighted by Gasteiger charge is -2.15. The van der Waals surface area contributed by atoms with Crippen LogP contribution in [0.2, 0.25) is 0 Å². The summed E-state index contributed by atoms with van der Waals surface area (Å²) in [7, 11) is 0. The molecule has 0 saturated carbocycles. The minimum absolute atomic E-state index is 0.479. The van der Waals surface area contributed by atoms with Gasteiger partial charge in [0.15, 0.2) is 0 Å². The van der Waals surface area contributed by atoms with Gasteiger partial charge in [0.2, 0.25) is 0 Å². The maximum absolute atomic E-state index is 9.52. The van der Waals surface area contributed by atoms with Crippen molar-refractivity contribution in [2.75, 3.05) is 0 Å². The van der Waals surface area contributed by atoms with E-state index in [4.69, 9.17) is 0 Å². The molecule has 0 fully saturated rings. The van der Waals surface area contributed by atoms with Gasteiger partial charge in [-0.2, -0.15) is 0 Å². The number of aliphatic hydroxyl groups is 2. The average molecular weight is 194 g/mol. The summed E-state index contributed by atoms with van der Waals surface area (Å²) < 4.78 is 0. The van der Waals surface area contributed by atoms with E-state index in [0.717, 1.165) is 22.3 Å². The first kappa shape index (κ1) is 11.2. The lowest BCUT2D eigenvalue weighted by Crippen LogP contribution is -2.02. The summed E-state index contributed by atoms with van der Waals surface area (Å²) in [6.07, 6.45) is -0.957. The largest absolute Gasteiger partial charge is 0.389 e. The van der Waals surface area contributed by atoms with Crippen molar-refractivity contribution in [3.63, 3.8) is 0 Å². The van der Waals surface area contributed by atoms with E-state index in [1.807, 2.05) is 26.0 Å². The van der Waals surface area contributed by atoms with E-state index in [9.17, 15) is 10.2 Å². The summed E-state index contributed by atoms with van der Waals surface area (Å²) in [5.74, 6) is 0. The summed E-state index contributed by atoms with van der Waals surface area (Å²) in [5.41, 5.74) is 3.93. The second kappa shape index (κ2) is 4.11. The fourth-order valence-electron chi connectivity index (χ4n) is 1.79. The molecule has 0 heterocycles. The molecule has 1 aromatic rings. The lowest BCUT2D eigenvalue weighted by atomic mass is 9.95. The maximum Gasteiger partial charge on any atom is 0.0764 e. The van der Waals surface area contributed by atoms with E-state index >= 15 is 0 Å². The van der Waals surface area contributed by atoms with Crippen LogP contribution >= 0.6 is 0 Å². The predicted octanol–water partition coefficient (Wildman–Crippen LogP) is 2.41. The van der Waals surface area contributed by atoms with Crippen LogP contribution in [0.1, 0.15) is 48.3 Å². The first-order valence-corrected chi connectivity index (χ1v) is 4.90. The molecule has 1 rings (SSSR count). The fraction of sp³-hybridized carbons (Fsp3) is 0.500. The van der Waals surface area contributed by atoms with Gasteiger partial charge < -0.3 is 10.2 Å². The van der Waals surface area contributed by atoms with Crippen LogP contribution in [0, 0.1) is 13.8 Å². The van der Waals surface area contributed by atoms with Gasteiger partial charge in [-0.25, -0.2) is 0 Å². The predicted molar refractivity (Wildman–Crippen MR) is 57.2 cm³/mol. The van der Waals surface area contributed by atoms with Crippen LogP contribution in [-0.2, 0) is 0 Å². The van der Waals surface area contributed by atoms with E-state index in [-0.39, 0.29) is 0 Å². The highest BCUT2D eigenvalue weighted by Crippen LogP contribution is 2.25. The standard InChI is InChI=1S/C12H18O2/c1-7-5-8(2)12(10(4)14)6-11(7)9(3)13/h5-6,9-10,13-14H,1-4H3/t9-,10-/m0/s1. The Balaban J connectivity index is 3.27. The van der Waals surface area contributed by atoms with Crippen molar-refractivity contribution in [1.82, 2.24) is 0 Å². The minimum atomic E-state index is -0.479. The third-order valence-electron chi connectivity index (χ3n) is 2.55. The highest BCUT2D eigenvalue weighted by atomic mass is 16.3. The molecule has 1 aromatic carbocycles. The number of rotatable bonds is 2. The van der Waals surface area contributed by atoms with Crippen molar-refractivity contribution in [2.24, 2.45) is 0 Å². The Morgan fingerprint density at radius 1 is 0.857 bits per heavy atom. The van der Waals surface area contributed by atoms with Crippen LogP contribution in [-0.4, -0.2) is 10.2 Å². The Morgan fingerprint density at radius 2 is 1.21 bits per heavy atom. The number of aliphatic hydroxyl groups excluding tert-OH is 2. The molecule has 0 amide bonds. The lowest BCUT2D eigenvalue weighted by molar-refractivity contribution is 0.191. The number of benzene rings is 1. The zero-order chi connectivity index (χ0) is 10.9. The minimum Gasteiger partial charge on any atom is -0.389 e. The Bertz CT molecular complexity index is 298. The Morgan fingerprint density at radius 3 is 1.50 bits per heavy atom. The fourth-order valence-corrected chi connectivity index (χ4v) is 1.79. The number of hydrogen-bond acceptors (Lipinski definition) is 2. The molecule has 0 saturated heterocycles. The average Bonchev–Trinajstić information content (AvgIpc) is 2.02. The molecule has 0 aliphatic heterocycles. The zero-order valence-electron chi connectivity index (χ0n) is 9.20. The van der Waals surface area contributed by atoms with Crippen LogP contribution < -0.4 is 0 Å². The van der Waals surface area contributed by atoms with Crippen molar-refractivity contribution in [2.45, 2.75) is 39.9 Å². The molecule has 0 aliphatic rings. The van der Waals surface area contributed by atoms with Gasteiger partial charge in [0.25, 0.3) is 0 Å². The highest BCUT2D eigenvalue weighted by Gasteiger charge is 2.11. The summed E-state index contributed by atoms with van der Waals surface area (Å²) in [6.45, 7) is 7.43. The van der Waals surface area contributed by atoms with Gasteiger partial charge in [0.05, 0.1) is 12.2 Å². The normalized spacial score (nSPS) is 15.3. The molecule has 2 atom stereocenters. The molecule has 0 bridgehead atoms. The maximum atomic E-state index is 9.52. The van der Waals surface area contributed by atoms with Crippen LogP contribution in [0.15, 0.2) is 12.1 Å². The van der Waals surface area contributed by atoms with Crippen molar-refractivity contribution >= 4 is 0 Å². The van der Waals surface area contributed by atoms with Crippen molar-refractivity contribution < 1.29 is 10.2 Å². The Kier molecular flexibility index (Phi) is 3.29. The molecule has 0 spiro atoms. The van der Waals surface area contributed by atoms with Crippen LogP contribution in [0.5, 0.6) is 0 Å². The first-order valence-electron chi connectivity index (χ1n) is 4.90. The smallest absolute Gasteiger partial charge is 0.0764 e. The van der Waals surface area contributed by atoms with Gasteiger partial charge in [0.1, 0.15) is 0 Å². The molecular formula is C12H18O2. The quantitative estimate of drug-likeness (QED) is 0.759. The molecule has 0 radical (unpaired) electrons. The zero-order valence-corrected chi connectivity index (χ0v) is 9.20. The summed E-state index contributed by atoms with van der Waals surface area (Å²) >= 11 is 0. The molecular weight excluding hydrogens is 176 g/mol. The van der Waals surface area contributed by atoms with Gasteiger partial charge in [-0.15, -0.1) is 0 Å². The summed E-state index contributed by atoms with van der Waals surface area (Å²) in [5, 5.41) is 19.0. The van der Waals surface area contributed by atoms with E-state index in [1.165, 1.54) is 0 Å². The molecule has 14 heavy (non-hydrogen) atoms. The molecule has 0 aromatic heterocycles. The van der Waals surface area contributed by atoms with Crippen molar-refractivity contribution in [3.05, 3.63) is 34.4 Å². The van der Waals surface area contributed by atoms with Crippen LogP contribution in [0.4, 0.5) is 0 Å². The molecule has 0 unspecified atom stereocenters. The van der Waals surface area contributed by atoms with Gasteiger partial charge in [-0.1, -0.05) is 12.1 Å². The van der Waals surface area contributed by atoms with Gasteiger partial charge in [-0.05, 0) is 49.9 Å². The Hall–Kier alpha value is -0.860. The first-order chi connectivity index (χ1) is 6.43. The van der Waals surface area contributed by atoms with E-state index < -0.39 is 12.2 Å². The van der Waals surface area contributed by atoms with Gasteiger partial charge >= 0.3 is 0 Å². The number of aryl methyl sites for hydroxylation is 2. The van der Waals surface area contributed by atoms with Crippen molar-refractivity contribution in [1.29, 1.82) is 0 Å². The second-order valence-corrected chi connectivity index (χ2v) is 3.92. The van der Waals surface area contributed by atoms with Crippen LogP contribution in [0.3, 0.4) is 0 Å². The molecule has 78 valence electrons. The molecule has 2 nitrogen and oxygen atoms in total. The third-order valence-corrected chi connectivity index (χ3v) is 2.55. The summed E-state index contributed by atoms with van der Waals surface area (Å²) in [6, 6.07) is 3.89.